The van der Waals surface area contributed by atoms with Crippen LogP contribution in [0.2, 0.25) is 0 Å². The number of nitrogens with one attached hydrogen (secondary N) is 2. The molecule has 0 unspecified atom stereocenters. The smallest absolute Gasteiger partial charge is 0.387 e. The van der Waals surface area contributed by atoms with Gasteiger partial charge in [-0.15, -0.1) is 0 Å². The SMILES string of the molecule is NNc1cncc(Nc2ccccc2OC(F)F)n1. The molecule has 0 spiro atoms. The summed E-state index contributed by atoms with van der Waals surface area (Å²) in [6.45, 7) is -2.90. The Morgan fingerprint density at radius 3 is 2.63 bits per heavy atom. The van der Waals surface area contributed by atoms with Crippen molar-refractivity contribution in [2.75, 3.05) is 10.7 Å². The minimum Gasteiger partial charge on any atom is -0.433 e. The van der Waals surface area contributed by atoms with Gasteiger partial charge in [0.05, 0.1) is 18.1 Å². The van der Waals surface area contributed by atoms with Crippen molar-refractivity contribution < 1.29 is 13.5 Å². The first kappa shape index (κ1) is 13.0. The summed E-state index contributed by atoms with van der Waals surface area (Å²) in [5.41, 5.74) is 2.69. The van der Waals surface area contributed by atoms with Crippen LogP contribution in [-0.4, -0.2) is 16.6 Å². The Labute approximate surface area is 107 Å². The third-order valence-electron chi connectivity index (χ3n) is 2.15. The second-order valence-corrected chi connectivity index (χ2v) is 3.43. The molecular weight excluding hydrogens is 256 g/mol. The highest BCUT2D eigenvalue weighted by molar-refractivity contribution is 5.64. The van der Waals surface area contributed by atoms with Gasteiger partial charge in [-0.25, -0.2) is 10.8 Å². The molecule has 0 aliphatic rings. The van der Waals surface area contributed by atoms with Gasteiger partial charge in [-0.2, -0.15) is 8.78 Å². The summed E-state index contributed by atoms with van der Waals surface area (Å²) in [6, 6.07) is 6.28. The standard InChI is InChI=1S/C11H11F2N5O/c12-11(13)19-8-4-2-1-3-7(8)16-9-5-15-6-10(17-9)18-14/h1-6,11H,14H2,(H2,16,17,18). The summed E-state index contributed by atoms with van der Waals surface area (Å²) in [5.74, 6) is 5.92. The van der Waals surface area contributed by atoms with E-state index in [1.165, 1.54) is 18.5 Å². The summed E-state index contributed by atoms with van der Waals surface area (Å²) >= 11 is 0. The fourth-order valence-electron chi connectivity index (χ4n) is 1.40. The number of benzene rings is 1. The number of anilines is 3. The van der Waals surface area contributed by atoms with Gasteiger partial charge in [0, 0.05) is 0 Å². The molecule has 0 saturated heterocycles. The van der Waals surface area contributed by atoms with Crippen LogP contribution in [-0.2, 0) is 0 Å². The number of nitrogen functional groups attached to an aromatic ring is 1. The van der Waals surface area contributed by atoms with Crippen LogP contribution in [0.5, 0.6) is 5.75 Å². The molecule has 0 radical (unpaired) electrons. The summed E-state index contributed by atoms with van der Waals surface area (Å²) in [4.78, 5) is 7.94. The molecule has 0 amide bonds. The molecule has 1 aromatic carbocycles. The van der Waals surface area contributed by atoms with Crippen molar-refractivity contribution in [3.05, 3.63) is 36.7 Å². The molecule has 1 heterocycles. The maximum absolute atomic E-state index is 12.3. The summed E-state index contributed by atoms with van der Waals surface area (Å²) in [7, 11) is 0. The van der Waals surface area contributed by atoms with E-state index in [0.717, 1.165) is 0 Å². The monoisotopic (exact) mass is 267 g/mol. The highest BCUT2D eigenvalue weighted by Crippen LogP contribution is 2.27. The molecule has 2 rings (SSSR count). The molecule has 0 aliphatic carbocycles. The molecular formula is C11H11F2N5O. The van der Waals surface area contributed by atoms with Crippen molar-refractivity contribution in [1.82, 2.24) is 9.97 Å². The van der Waals surface area contributed by atoms with E-state index in [0.29, 0.717) is 17.3 Å². The van der Waals surface area contributed by atoms with Crippen molar-refractivity contribution >= 4 is 17.3 Å². The zero-order chi connectivity index (χ0) is 13.7. The van der Waals surface area contributed by atoms with Crippen LogP contribution >= 0.6 is 0 Å². The average Bonchev–Trinajstić information content (AvgIpc) is 2.41. The number of alkyl halides is 2. The van der Waals surface area contributed by atoms with Crippen molar-refractivity contribution in [2.45, 2.75) is 6.61 Å². The molecule has 0 fully saturated rings. The van der Waals surface area contributed by atoms with Gasteiger partial charge in [0.25, 0.3) is 0 Å². The lowest BCUT2D eigenvalue weighted by Gasteiger charge is -2.12. The number of ether oxygens (including phenoxy) is 1. The number of nitrogens with two attached hydrogens (primary N) is 1. The topological polar surface area (TPSA) is 85.1 Å². The lowest BCUT2D eigenvalue weighted by Crippen LogP contribution is -2.10. The fraction of sp³-hybridized carbons (Fsp3) is 0.0909. The number of nitrogens with zero attached hydrogens (tertiary/aromatic N) is 2. The molecule has 0 bridgehead atoms. The Hall–Kier alpha value is -2.48. The van der Waals surface area contributed by atoms with Gasteiger partial charge in [0.15, 0.2) is 11.6 Å². The number of hydrogen-bond acceptors (Lipinski definition) is 6. The van der Waals surface area contributed by atoms with Crippen LogP contribution in [0, 0.1) is 0 Å². The zero-order valence-electron chi connectivity index (χ0n) is 9.68. The fourth-order valence-corrected chi connectivity index (χ4v) is 1.40. The van der Waals surface area contributed by atoms with Gasteiger partial charge in [-0.05, 0) is 12.1 Å². The highest BCUT2D eigenvalue weighted by Gasteiger charge is 2.09. The lowest BCUT2D eigenvalue weighted by molar-refractivity contribution is -0.0493. The average molecular weight is 267 g/mol. The van der Waals surface area contributed by atoms with Crippen LogP contribution in [0.25, 0.3) is 0 Å². The van der Waals surface area contributed by atoms with E-state index < -0.39 is 6.61 Å². The maximum atomic E-state index is 12.3. The van der Waals surface area contributed by atoms with Crippen LogP contribution in [0.15, 0.2) is 36.7 Å². The Balaban J connectivity index is 2.22. The van der Waals surface area contributed by atoms with Crippen molar-refractivity contribution in [3.63, 3.8) is 0 Å². The lowest BCUT2D eigenvalue weighted by atomic mass is 10.3. The van der Waals surface area contributed by atoms with Gasteiger partial charge in [-0.1, -0.05) is 12.1 Å². The molecule has 2 aromatic rings. The van der Waals surface area contributed by atoms with E-state index in [9.17, 15) is 8.78 Å². The second kappa shape index (κ2) is 5.91. The van der Waals surface area contributed by atoms with E-state index in [2.05, 4.69) is 25.4 Å². The van der Waals surface area contributed by atoms with Crippen LogP contribution in [0.3, 0.4) is 0 Å². The predicted molar refractivity (Wildman–Crippen MR) is 66.2 cm³/mol. The number of aromatic nitrogens is 2. The first-order valence-corrected chi connectivity index (χ1v) is 5.28. The Morgan fingerprint density at radius 2 is 1.89 bits per heavy atom. The van der Waals surface area contributed by atoms with E-state index in [4.69, 9.17) is 5.84 Å². The Kier molecular flexibility index (Phi) is 4.04. The Morgan fingerprint density at radius 1 is 1.16 bits per heavy atom. The molecule has 4 N–H and O–H groups in total. The summed E-state index contributed by atoms with van der Waals surface area (Å²) in [6.07, 6.45) is 2.85. The van der Waals surface area contributed by atoms with E-state index in [1.54, 1.807) is 18.2 Å². The van der Waals surface area contributed by atoms with Gasteiger partial charge >= 0.3 is 6.61 Å². The summed E-state index contributed by atoms with van der Waals surface area (Å²) in [5, 5.41) is 2.83. The summed E-state index contributed by atoms with van der Waals surface area (Å²) < 4.78 is 28.9. The number of hydrazine groups is 1. The first-order valence-electron chi connectivity index (χ1n) is 5.28. The number of halogens is 2. The highest BCUT2D eigenvalue weighted by atomic mass is 19.3. The maximum Gasteiger partial charge on any atom is 0.387 e. The molecule has 0 saturated carbocycles. The zero-order valence-corrected chi connectivity index (χ0v) is 9.68. The van der Waals surface area contributed by atoms with Crippen LogP contribution in [0.4, 0.5) is 26.1 Å². The molecule has 0 atom stereocenters. The Bertz CT molecular complexity index is 552. The minimum atomic E-state index is -2.90. The van der Waals surface area contributed by atoms with Crippen LogP contribution in [0.1, 0.15) is 0 Å². The largest absolute Gasteiger partial charge is 0.433 e. The van der Waals surface area contributed by atoms with Crippen LogP contribution < -0.4 is 21.3 Å². The first-order chi connectivity index (χ1) is 9.19. The molecule has 6 nitrogen and oxygen atoms in total. The minimum absolute atomic E-state index is 0.0189. The van der Waals surface area contributed by atoms with E-state index in [1.807, 2.05) is 0 Å². The van der Waals surface area contributed by atoms with Gasteiger partial charge in [0.1, 0.15) is 5.75 Å². The third kappa shape index (κ3) is 3.49. The number of para-hydroxylation sites is 2. The van der Waals surface area contributed by atoms with E-state index >= 15 is 0 Å². The predicted octanol–water partition coefficient (Wildman–Crippen LogP) is 2.11. The van der Waals surface area contributed by atoms with Gasteiger partial charge < -0.3 is 15.5 Å². The molecule has 1 aromatic heterocycles. The number of rotatable bonds is 5. The molecule has 8 heteroatoms. The molecule has 100 valence electrons. The normalized spacial score (nSPS) is 10.3. The van der Waals surface area contributed by atoms with E-state index in [-0.39, 0.29) is 5.75 Å². The third-order valence-corrected chi connectivity index (χ3v) is 2.15. The van der Waals surface area contributed by atoms with Gasteiger partial charge in [-0.3, -0.25) is 4.98 Å². The molecule has 0 aliphatic heterocycles. The van der Waals surface area contributed by atoms with Gasteiger partial charge in [0.2, 0.25) is 0 Å². The quantitative estimate of drug-likeness (QED) is 0.568. The second-order valence-electron chi connectivity index (χ2n) is 3.43. The van der Waals surface area contributed by atoms with Crippen molar-refractivity contribution in [1.29, 1.82) is 0 Å². The van der Waals surface area contributed by atoms with Crippen molar-refractivity contribution in [2.24, 2.45) is 5.84 Å². The molecule has 19 heavy (non-hydrogen) atoms. The number of hydrogen-bond donors (Lipinski definition) is 3. The van der Waals surface area contributed by atoms with Crippen molar-refractivity contribution in [3.8, 4) is 5.75 Å².